The standard InChI is InChI=1S/C11H13NO3/c1-15-10-6-12-9(7-3-2-4-7)5-8(10)11(13)14/h5-7H,2-4H2,1H3,(H,13,14). The Balaban J connectivity index is 2.35. The van der Waals surface area contributed by atoms with E-state index >= 15 is 0 Å². The number of ether oxygens (including phenoxy) is 1. The van der Waals surface area contributed by atoms with Crippen LogP contribution in [0.1, 0.15) is 41.2 Å². The van der Waals surface area contributed by atoms with E-state index in [-0.39, 0.29) is 5.56 Å². The van der Waals surface area contributed by atoms with Crippen molar-refractivity contribution >= 4 is 5.97 Å². The molecule has 1 aliphatic rings. The number of methoxy groups -OCH3 is 1. The van der Waals surface area contributed by atoms with E-state index in [1.54, 1.807) is 6.07 Å². The lowest BCUT2D eigenvalue weighted by Crippen LogP contribution is -2.12. The highest BCUT2D eigenvalue weighted by Gasteiger charge is 2.23. The van der Waals surface area contributed by atoms with Gasteiger partial charge in [-0.25, -0.2) is 4.79 Å². The van der Waals surface area contributed by atoms with Gasteiger partial charge in [-0.1, -0.05) is 6.42 Å². The topological polar surface area (TPSA) is 59.4 Å². The Kier molecular flexibility index (Phi) is 2.58. The molecule has 0 atom stereocenters. The molecular weight excluding hydrogens is 194 g/mol. The van der Waals surface area contributed by atoms with Crippen molar-refractivity contribution in [2.75, 3.05) is 7.11 Å². The zero-order chi connectivity index (χ0) is 10.8. The van der Waals surface area contributed by atoms with Crippen LogP contribution in [0.2, 0.25) is 0 Å². The van der Waals surface area contributed by atoms with Crippen LogP contribution < -0.4 is 4.74 Å². The van der Waals surface area contributed by atoms with E-state index < -0.39 is 5.97 Å². The van der Waals surface area contributed by atoms with E-state index in [0.717, 1.165) is 18.5 Å². The first-order chi connectivity index (χ1) is 7.22. The van der Waals surface area contributed by atoms with Crippen molar-refractivity contribution in [3.63, 3.8) is 0 Å². The monoisotopic (exact) mass is 207 g/mol. The minimum atomic E-state index is -0.963. The van der Waals surface area contributed by atoms with Crippen LogP contribution in [0.4, 0.5) is 0 Å². The maximum absolute atomic E-state index is 11.0. The maximum Gasteiger partial charge on any atom is 0.339 e. The minimum Gasteiger partial charge on any atom is -0.494 e. The average molecular weight is 207 g/mol. The Hall–Kier alpha value is -1.58. The summed E-state index contributed by atoms with van der Waals surface area (Å²) in [6.45, 7) is 0. The molecule has 1 aromatic heterocycles. The van der Waals surface area contributed by atoms with E-state index in [9.17, 15) is 4.79 Å². The summed E-state index contributed by atoms with van der Waals surface area (Å²) in [5.41, 5.74) is 1.08. The molecule has 1 aliphatic carbocycles. The number of nitrogens with zero attached hydrogens (tertiary/aromatic N) is 1. The molecular formula is C11H13NO3. The number of aromatic nitrogens is 1. The van der Waals surface area contributed by atoms with Gasteiger partial charge >= 0.3 is 5.97 Å². The van der Waals surface area contributed by atoms with E-state index in [1.807, 2.05) is 0 Å². The summed E-state index contributed by atoms with van der Waals surface area (Å²) in [6, 6.07) is 1.63. The van der Waals surface area contributed by atoms with Crippen LogP contribution in [0.3, 0.4) is 0 Å². The van der Waals surface area contributed by atoms with Gasteiger partial charge in [-0.2, -0.15) is 0 Å². The van der Waals surface area contributed by atoms with Crippen LogP contribution in [0.25, 0.3) is 0 Å². The third-order valence-corrected chi connectivity index (χ3v) is 2.86. The summed E-state index contributed by atoms with van der Waals surface area (Å²) >= 11 is 0. The van der Waals surface area contributed by atoms with Gasteiger partial charge in [-0.05, 0) is 18.9 Å². The number of hydrogen-bond acceptors (Lipinski definition) is 3. The van der Waals surface area contributed by atoms with Gasteiger partial charge in [0.15, 0.2) is 5.75 Å². The van der Waals surface area contributed by atoms with Crippen molar-refractivity contribution in [2.24, 2.45) is 0 Å². The first-order valence-corrected chi connectivity index (χ1v) is 4.99. The summed E-state index contributed by atoms with van der Waals surface area (Å²) in [7, 11) is 1.45. The maximum atomic E-state index is 11.0. The van der Waals surface area contributed by atoms with E-state index in [2.05, 4.69) is 4.98 Å². The lowest BCUT2D eigenvalue weighted by molar-refractivity contribution is 0.0693. The average Bonchev–Trinajstić information content (AvgIpc) is 2.15. The second kappa shape index (κ2) is 3.88. The fourth-order valence-electron chi connectivity index (χ4n) is 1.72. The summed E-state index contributed by atoms with van der Waals surface area (Å²) in [4.78, 5) is 15.2. The predicted octanol–water partition coefficient (Wildman–Crippen LogP) is 2.06. The van der Waals surface area contributed by atoms with E-state index in [0.29, 0.717) is 11.7 Å². The number of carboxylic acids is 1. The number of rotatable bonds is 3. The van der Waals surface area contributed by atoms with Crippen molar-refractivity contribution in [3.05, 3.63) is 23.5 Å². The molecule has 0 bridgehead atoms. The first-order valence-electron chi connectivity index (χ1n) is 4.99. The lowest BCUT2D eigenvalue weighted by atomic mass is 9.82. The van der Waals surface area contributed by atoms with Gasteiger partial charge in [-0.15, -0.1) is 0 Å². The Bertz CT molecular complexity index is 385. The molecule has 4 heteroatoms. The summed E-state index contributed by atoms with van der Waals surface area (Å²) in [5.74, 6) is -0.200. The Morgan fingerprint density at radius 2 is 2.33 bits per heavy atom. The van der Waals surface area contributed by atoms with Gasteiger partial charge in [0.05, 0.1) is 13.3 Å². The molecule has 0 saturated heterocycles. The molecule has 0 aliphatic heterocycles. The van der Waals surface area contributed by atoms with Gasteiger partial charge in [-0.3, -0.25) is 4.98 Å². The number of pyridine rings is 1. The van der Waals surface area contributed by atoms with Crippen LogP contribution in [-0.4, -0.2) is 23.2 Å². The molecule has 1 saturated carbocycles. The molecule has 80 valence electrons. The number of carboxylic acid groups (broad SMARTS) is 1. The van der Waals surface area contributed by atoms with Crippen LogP contribution in [0, 0.1) is 0 Å². The predicted molar refractivity (Wildman–Crippen MR) is 54.3 cm³/mol. The van der Waals surface area contributed by atoms with Crippen LogP contribution >= 0.6 is 0 Å². The molecule has 1 N–H and O–H groups in total. The van der Waals surface area contributed by atoms with E-state index in [4.69, 9.17) is 9.84 Å². The molecule has 4 nitrogen and oxygen atoms in total. The van der Waals surface area contributed by atoms with Crippen molar-refractivity contribution in [2.45, 2.75) is 25.2 Å². The number of hydrogen-bond donors (Lipinski definition) is 1. The summed E-state index contributed by atoms with van der Waals surface area (Å²) in [5, 5.41) is 8.99. The second-order valence-corrected chi connectivity index (χ2v) is 3.74. The lowest BCUT2D eigenvalue weighted by Gasteiger charge is -2.25. The van der Waals surface area contributed by atoms with Gasteiger partial charge < -0.3 is 9.84 Å². The largest absolute Gasteiger partial charge is 0.494 e. The van der Waals surface area contributed by atoms with E-state index in [1.165, 1.54) is 19.7 Å². The molecule has 0 radical (unpaired) electrons. The Morgan fingerprint density at radius 1 is 1.60 bits per heavy atom. The van der Waals surface area contributed by atoms with Gasteiger partial charge in [0.2, 0.25) is 0 Å². The van der Waals surface area contributed by atoms with Gasteiger partial charge in [0, 0.05) is 11.6 Å². The van der Waals surface area contributed by atoms with Crippen molar-refractivity contribution in [1.29, 1.82) is 0 Å². The highest BCUT2D eigenvalue weighted by atomic mass is 16.5. The fraction of sp³-hybridized carbons (Fsp3) is 0.455. The first kappa shape index (κ1) is 9.96. The molecule has 1 heterocycles. The molecule has 1 aromatic rings. The van der Waals surface area contributed by atoms with Crippen molar-refractivity contribution in [1.82, 2.24) is 4.98 Å². The number of carbonyl (C=O) groups is 1. The molecule has 1 fully saturated rings. The molecule has 0 unspecified atom stereocenters. The molecule has 15 heavy (non-hydrogen) atoms. The van der Waals surface area contributed by atoms with Crippen LogP contribution in [0.5, 0.6) is 5.75 Å². The van der Waals surface area contributed by atoms with Gasteiger partial charge in [0.25, 0.3) is 0 Å². The van der Waals surface area contributed by atoms with Crippen LogP contribution in [-0.2, 0) is 0 Å². The zero-order valence-corrected chi connectivity index (χ0v) is 8.56. The third kappa shape index (κ3) is 1.79. The smallest absolute Gasteiger partial charge is 0.339 e. The normalized spacial score (nSPS) is 15.8. The van der Waals surface area contributed by atoms with Crippen molar-refractivity contribution < 1.29 is 14.6 Å². The summed E-state index contributed by atoms with van der Waals surface area (Å²) < 4.78 is 4.95. The van der Waals surface area contributed by atoms with Gasteiger partial charge in [0.1, 0.15) is 5.56 Å². The highest BCUT2D eigenvalue weighted by Crippen LogP contribution is 2.36. The SMILES string of the molecule is COc1cnc(C2CCC2)cc1C(=O)O. The quantitative estimate of drug-likeness (QED) is 0.824. The van der Waals surface area contributed by atoms with Crippen LogP contribution in [0.15, 0.2) is 12.3 Å². The summed E-state index contributed by atoms with van der Waals surface area (Å²) in [6.07, 6.45) is 4.93. The number of aromatic carboxylic acids is 1. The van der Waals surface area contributed by atoms with Crippen molar-refractivity contribution in [3.8, 4) is 5.75 Å². The molecule has 0 aromatic carbocycles. The Labute approximate surface area is 87.9 Å². The zero-order valence-electron chi connectivity index (χ0n) is 8.56. The third-order valence-electron chi connectivity index (χ3n) is 2.86. The molecule has 0 amide bonds. The second-order valence-electron chi connectivity index (χ2n) is 3.74. The highest BCUT2D eigenvalue weighted by molar-refractivity contribution is 5.90. The molecule has 0 spiro atoms. The Morgan fingerprint density at radius 3 is 2.80 bits per heavy atom. The fourth-order valence-corrected chi connectivity index (χ4v) is 1.72. The minimum absolute atomic E-state index is 0.203. The molecule has 2 rings (SSSR count).